The number of hydrogen-bond acceptors (Lipinski definition) is 3. The topological polar surface area (TPSA) is 38.8 Å². The van der Waals surface area contributed by atoms with Gasteiger partial charge in [0.1, 0.15) is 0 Å². The summed E-state index contributed by atoms with van der Waals surface area (Å²) in [6, 6.07) is 5.92. The third-order valence-corrected chi connectivity index (χ3v) is 8.17. The average molecular weight is 439 g/mol. The van der Waals surface area contributed by atoms with E-state index in [1.807, 2.05) is 26.2 Å². The van der Waals surface area contributed by atoms with E-state index in [9.17, 15) is 4.79 Å². The van der Waals surface area contributed by atoms with Crippen LogP contribution in [0.25, 0.3) is 0 Å². The Morgan fingerprint density at radius 1 is 1.10 bits per heavy atom. The molecule has 2 aliphatic carbocycles. The van der Waals surface area contributed by atoms with Gasteiger partial charge in [0, 0.05) is 45.8 Å². The Morgan fingerprint density at radius 2 is 1.79 bits per heavy atom. The fraction of sp³-hybridized carbons (Fsp3) is 0.682. The molecule has 160 valence electrons. The number of anilines is 1. The minimum Gasteiger partial charge on any atom is -0.368 e. The first-order valence-electron chi connectivity index (χ1n) is 10.7. The van der Waals surface area contributed by atoms with Gasteiger partial charge < -0.3 is 15.1 Å². The summed E-state index contributed by atoms with van der Waals surface area (Å²) < 4.78 is 0. The number of hydrogen-bond donors (Lipinski definition) is 1. The van der Waals surface area contributed by atoms with Crippen LogP contribution in [0.4, 0.5) is 10.5 Å². The van der Waals surface area contributed by atoms with E-state index in [0.29, 0.717) is 15.5 Å². The Morgan fingerprint density at radius 3 is 2.45 bits per heavy atom. The number of carbonyl (C=O) groups is 1. The lowest BCUT2D eigenvalue weighted by Gasteiger charge is -2.38. The molecule has 1 saturated heterocycles. The quantitative estimate of drug-likeness (QED) is 0.736. The van der Waals surface area contributed by atoms with E-state index >= 15 is 0 Å². The van der Waals surface area contributed by atoms with Crippen molar-refractivity contribution in [3.8, 4) is 0 Å². The van der Waals surface area contributed by atoms with Crippen LogP contribution in [0.5, 0.6) is 0 Å². The molecular formula is C22H32Cl2N4O. The molecule has 1 aliphatic heterocycles. The molecular weight excluding hydrogens is 407 g/mol. The van der Waals surface area contributed by atoms with Gasteiger partial charge in [-0.25, -0.2) is 4.79 Å². The largest absolute Gasteiger partial charge is 0.368 e. The van der Waals surface area contributed by atoms with Crippen LogP contribution in [-0.4, -0.2) is 68.2 Å². The molecule has 1 aromatic carbocycles. The van der Waals surface area contributed by atoms with E-state index < -0.39 is 0 Å². The Balaban J connectivity index is 1.27. The number of urea groups is 1. The summed E-state index contributed by atoms with van der Waals surface area (Å²) in [5, 5.41) is 4.61. The van der Waals surface area contributed by atoms with E-state index in [0.717, 1.165) is 57.7 Å². The zero-order valence-corrected chi connectivity index (χ0v) is 19.0. The van der Waals surface area contributed by atoms with Gasteiger partial charge in [0.15, 0.2) is 0 Å². The Labute approximate surface area is 184 Å². The number of fused-ring (bicyclic) bond motifs is 2. The fourth-order valence-electron chi connectivity index (χ4n) is 5.52. The maximum Gasteiger partial charge on any atom is 0.317 e. The van der Waals surface area contributed by atoms with Gasteiger partial charge in [-0.3, -0.25) is 4.90 Å². The predicted molar refractivity (Wildman–Crippen MR) is 120 cm³/mol. The van der Waals surface area contributed by atoms with Gasteiger partial charge in [-0.1, -0.05) is 29.3 Å². The molecule has 2 bridgehead atoms. The Hall–Kier alpha value is -1.17. The molecule has 2 saturated carbocycles. The first kappa shape index (κ1) is 21.1. The normalized spacial score (nSPS) is 29.3. The van der Waals surface area contributed by atoms with E-state index in [1.165, 1.54) is 19.3 Å². The molecule has 3 aliphatic rings. The molecule has 1 N–H and O–H groups in total. The highest BCUT2D eigenvalue weighted by Crippen LogP contribution is 2.58. The number of nitrogens with one attached hydrogen (secondary N) is 1. The van der Waals surface area contributed by atoms with Crippen molar-refractivity contribution in [1.82, 2.24) is 15.1 Å². The molecule has 0 spiro atoms. The van der Waals surface area contributed by atoms with Gasteiger partial charge in [0.05, 0.1) is 15.7 Å². The van der Waals surface area contributed by atoms with Crippen molar-refractivity contribution in [3.63, 3.8) is 0 Å². The summed E-state index contributed by atoms with van der Waals surface area (Å²) >= 11 is 12.6. The van der Waals surface area contributed by atoms with E-state index in [4.69, 9.17) is 23.2 Å². The molecule has 0 atom stereocenters. The standard InChI is InChI=1S/C22H32Cl2N4O/c1-26(2)20(29)25-22-8-6-21(16-22,7-9-22)10-11-27-12-14-28(15-13-27)18-5-3-4-17(23)19(18)24/h3-5H,6-16H2,1-2H3,(H,25,29). The number of benzene rings is 1. The molecule has 1 heterocycles. The fourth-order valence-corrected chi connectivity index (χ4v) is 5.94. The second-order valence-corrected chi connectivity index (χ2v) is 10.2. The monoisotopic (exact) mass is 438 g/mol. The van der Waals surface area contributed by atoms with Crippen LogP contribution in [-0.2, 0) is 0 Å². The number of rotatable bonds is 5. The van der Waals surface area contributed by atoms with Crippen LogP contribution in [0.2, 0.25) is 10.0 Å². The van der Waals surface area contributed by atoms with Crippen molar-refractivity contribution in [3.05, 3.63) is 28.2 Å². The summed E-state index contributed by atoms with van der Waals surface area (Å²) in [6.07, 6.45) is 7.15. The van der Waals surface area contributed by atoms with Gasteiger partial charge in [0.25, 0.3) is 0 Å². The number of nitrogens with zero attached hydrogens (tertiary/aromatic N) is 3. The van der Waals surface area contributed by atoms with Gasteiger partial charge in [-0.05, 0) is 62.6 Å². The first-order chi connectivity index (χ1) is 13.8. The zero-order valence-electron chi connectivity index (χ0n) is 17.5. The highest BCUT2D eigenvalue weighted by atomic mass is 35.5. The average Bonchev–Trinajstić information content (AvgIpc) is 3.25. The third kappa shape index (κ3) is 4.33. The SMILES string of the molecule is CN(C)C(=O)NC12CCC(CCN3CCN(c4cccc(Cl)c4Cl)CC3)(CC1)C2. The van der Waals surface area contributed by atoms with Gasteiger partial charge >= 0.3 is 6.03 Å². The van der Waals surface area contributed by atoms with Crippen LogP contribution in [0, 0.1) is 5.41 Å². The lowest BCUT2D eigenvalue weighted by atomic mass is 9.81. The van der Waals surface area contributed by atoms with Gasteiger partial charge in [-0.2, -0.15) is 0 Å². The van der Waals surface area contributed by atoms with Gasteiger partial charge in [-0.15, -0.1) is 0 Å². The van der Waals surface area contributed by atoms with Crippen LogP contribution in [0.1, 0.15) is 38.5 Å². The Kier molecular flexibility index (Phi) is 5.93. The van der Waals surface area contributed by atoms with Crippen LogP contribution in [0.15, 0.2) is 18.2 Å². The molecule has 0 unspecified atom stereocenters. The number of amides is 2. The van der Waals surface area contributed by atoms with Crippen LogP contribution in [0.3, 0.4) is 0 Å². The summed E-state index contributed by atoms with van der Waals surface area (Å²) in [6.45, 7) is 5.23. The maximum atomic E-state index is 12.2. The van der Waals surface area contributed by atoms with Crippen molar-refractivity contribution >= 4 is 34.9 Å². The molecule has 4 rings (SSSR count). The van der Waals surface area contributed by atoms with Crippen LogP contribution >= 0.6 is 23.2 Å². The first-order valence-corrected chi connectivity index (χ1v) is 11.5. The second kappa shape index (κ2) is 8.16. The summed E-state index contributed by atoms with van der Waals surface area (Å²) in [4.78, 5) is 18.7. The smallest absolute Gasteiger partial charge is 0.317 e. The molecule has 1 aromatic rings. The molecule has 2 amide bonds. The zero-order chi connectivity index (χ0) is 20.6. The number of halogens is 2. The molecule has 3 fully saturated rings. The summed E-state index contributed by atoms with van der Waals surface area (Å²) in [5.74, 6) is 0. The maximum absolute atomic E-state index is 12.2. The van der Waals surface area contributed by atoms with Gasteiger partial charge in [0.2, 0.25) is 0 Å². The number of piperazine rings is 1. The lowest BCUT2D eigenvalue weighted by molar-refractivity contribution is 0.187. The molecule has 5 nitrogen and oxygen atoms in total. The lowest BCUT2D eigenvalue weighted by Crippen LogP contribution is -2.49. The number of carbonyl (C=O) groups excluding carboxylic acids is 1. The highest BCUT2D eigenvalue weighted by Gasteiger charge is 2.54. The summed E-state index contributed by atoms with van der Waals surface area (Å²) in [7, 11) is 3.64. The third-order valence-electron chi connectivity index (χ3n) is 7.36. The molecule has 0 radical (unpaired) electrons. The van der Waals surface area contributed by atoms with Crippen molar-refractivity contribution in [2.24, 2.45) is 5.41 Å². The Bertz CT molecular complexity index is 753. The molecule has 7 heteroatoms. The van der Waals surface area contributed by atoms with Crippen molar-refractivity contribution in [1.29, 1.82) is 0 Å². The minimum atomic E-state index is 0.0450. The van der Waals surface area contributed by atoms with Crippen LogP contribution < -0.4 is 10.2 Å². The highest BCUT2D eigenvalue weighted by molar-refractivity contribution is 6.43. The van der Waals surface area contributed by atoms with Crippen molar-refractivity contribution in [2.75, 3.05) is 51.7 Å². The van der Waals surface area contributed by atoms with Crippen molar-refractivity contribution in [2.45, 2.75) is 44.1 Å². The summed E-state index contributed by atoms with van der Waals surface area (Å²) in [5.41, 5.74) is 1.52. The molecule has 0 aromatic heterocycles. The van der Waals surface area contributed by atoms with E-state index in [2.05, 4.69) is 21.2 Å². The van der Waals surface area contributed by atoms with Crippen molar-refractivity contribution < 1.29 is 4.79 Å². The predicted octanol–water partition coefficient (Wildman–Crippen LogP) is 4.48. The second-order valence-electron chi connectivity index (χ2n) is 9.43. The molecule has 29 heavy (non-hydrogen) atoms. The van der Waals surface area contributed by atoms with E-state index in [-0.39, 0.29) is 11.6 Å². The van der Waals surface area contributed by atoms with E-state index in [1.54, 1.807) is 4.90 Å². The minimum absolute atomic E-state index is 0.0450.